The summed E-state index contributed by atoms with van der Waals surface area (Å²) in [5.74, 6) is 0. The average Bonchev–Trinajstić information content (AvgIpc) is 2.36. The fourth-order valence-corrected chi connectivity index (χ4v) is 1.95. The molecule has 0 spiro atoms. The molecule has 0 aromatic heterocycles. The van der Waals surface area contributed by atoms with Crippen LogP contribution in [0.25, 0.3) is 0 Å². The molecule has 0 amide bonds. The standard InChI is InChI=1S/C15H20O2/c1-13-6-5-9-15(17-13)10-11-16-12-14-7-3-2-4-8-14/h2-5,7-9,13,15H,6,10-12H2,1H3/t13-,15-/m1/s1. The van der Waals surface area contributed by atoms with Crippen LogP contribution in [0.5, 0.6) is 0 Å². The minimum Gasteiger partial charge on any atom is -0.377 e. The van der Waals surface area contributed by atoms with Crippen molar-refractivity contribution < 1.29 is 9.47 Å². The highest BCUT2D eigenvalue weighted by Gasteiger charge is 2.13. The van der Waals surface area contributed by atoms with Crippen molar-refractivity contribution in [2.45, 2.75) is 38.6 Å². The smallest absolute Gasteiger partial charge is 0.0781 e. The van der Waals surface area contributed by atoms with Gasteiger partial charge < -0.3 is 9.47 Å². The lowest BCUT2D eigenvalue weighted by atomic mass is 10.1. The third kappa shape index (κ3) is 4.33. The van der Waals surface area contributed by atoms with Crippen LogP contribution in [0.2, 0.25) is 0 Å². The summed E-state index contributed by atoms with van der Waals surface area (Å²) in [5.41, 5.74) is 1.22. The number of hydrogen-bond donors (Lipinski definition) is 0. The summed E-state index contributed by atoms with van der Waals surface area (Å²) < 4.78 is 11.4. The van der Waals surface area contributed by atoms with E-state index in [0.717, 1.165) is 19.4 Å². The van der Waals surface area contributed by atoms with E-state index in [-0.39, 0.29) is 6.10 Å². The molecule has 17 heavy (non-hydrogen) atoms. The minimum atomic E-state index is 0.231. The average molecular weight is 232 g/mol. The number of hydrogen-bond acceptors (Lipinski definition) is 2. The van der Waals surface area contributed by atoms with Crippen LogP contribution in [0, 0.1) is 0 Å². The first kappa shape index (κ1) is 12.3. The Morgan fingerprint density at radius 3 is 2.88 bits per heavy atom. The number of benzene rings is 1. The third-order valence-electron chi connectivity index (χ3n) is 2.88. The Kier molecular flexibility index (Phi) is 4.77. The Bertz CT molecular complexity index is 345. The molecule has 0 fully saturated rings. The van der Waals surface area contributed by atoms with E-state index in [4.69, 9.17) is 9.47 Å². The summed E-state index contributed by atoms with van der Waals surface area (Å²) in [6, 6.07) is 10.3. The van der Waals surface area contributed by atoms with Crippen molar-refractivity contribution in [3.63, 3.8) is 0 Å². The summed E-state index contributed by atoms with van der Waals surface area (Å²) in [5, 5.41) is 0. The van der Waals surface area contributed by atoms with Crippen molar-refractivity contribution in [3.8, 4) is 0 Å². The van der Waals surface area contributed by atoms with E-state index in [1.54, 1.807) is 0 Å². The first-order valence-corrected chi connectivity index (χ1v) is 6.28. The maximum atomic E-state index is 5.77. The topological polar surface area (TPSA) is 18.5 Å². The van der Waals surface area contributed by atoms with Gasteiger partial charge in [-0.25, -0.2) is 0 Å². The van der Waals surface area contributed by atoms with Crippen molar-refractivity contribution >= 4 is 0 Å². The van der Waals surface area contributed by atoms with E-state index in [1.807, 2.05) is 18.2 Å². The maximum Gasteiger partial charge on any atom is 0.0781 e. The van der Waals surface area contributed by atoms with Crippen LogP contribution in [-0.4, -0.2) is 18.8 Å². The molecule has 92 valence electrons. The summed E-state index contributed by atoms with van der Waals surface area (Å²) in [7, 11) is 0. The predicted octanol–water partition coefficient (Wildman–Crippen LogP) is 3.33. The van der Waals surface area contributed by atoms with E-state index < -0.39 is 0 Å². The zero-order valence-electron chi connectivity index (χ0n) is 10.3. The molecule has 2 heteroatoms. The molecule has 0 unspecified atom stereocenters. The lowest BCUT2D eigenvalue weighted by molar-refractivity contribution is -0.00474. The summed E-state index contributed by atoms with van der Waals surface area (Å²) in [6.07, 6.45) is 6.89. The van der Waals surface area contributed by atoms with Gasteiger partial charge in [0.25, 0.3) is 0 Å². The zero-order valence-corrected chi connectivity index (χ0v) is 10.3. The predicted molar refractivity (Wildman–Crippen MR) is 68.8 cm³/mol. The van der Waals surface area contributed by atoms with Gasteiger partial charge in [-0.05, 0) is 18.9 Å². The van der Waals surface area contributed by atoms with Crippen LogP contribution in [0.4, 0.5) is 0 Å². The highest BCUT2D eigenvalue weighted by molar-refractivity contribution is 5.13. The summed E-state index contributed by atoms with van der Waals surface area (Å²) >= 11 is 0. The highest BCUT2D eigenvalue weighted by Crippen LogP contribution is 2.14. The SMILES string of the molecule is C[C@@H]1CC=C[C@H](CCOCc2ccccc2)O1. The molecule has 0 saturated heterocycles. The van der Waals surface area contributed by atoms with E-state index in [2.05, 4.69) is 31.2 Å². The van der Waals surface area contributed by atoms with Crippen molar-refractivity contribution in [2.75, 3.05) is 6.61 Å². The van der Waals surface area contributed by atoms with Gasteiger partial charge in [0.05, 0.1) is 18.8 Å². The molecular weight excluding hydrogens is 212 g/mol. The Morgan fingerprint density at radius 1 is 1.29 bits per heavy atom. The maximum absolute atomic E-state index is 5.77. The Balaban J connectivity index is 1.63. The first-order valence-electron chi connectivity index (χ1n) is 6.28. The van der Waals surface area contributed by atoms with Crippen molar-refractivity contribution in [1.29, 1.82) is 0 Å². The molecule has 1 heterocycles. The van der Waals surface area contributed by atoms with Gasteiger partial charge in [-0.15, -0.1) is 0 Å². The van der Waals surface area contributed by atoms with Crippen LogP contribution >= 0.6 is 0 Å². The normalized spacial score (nSPS) is 23.8. The Morgan fingerprint density at radius 2 is 2.12 bits per heavy atom. The van der Waals surface area contributed by atoms with Gasteiger partial charge in [0.15, 0.2) is 0 Å². The number of rotatable bonds is 5. The molecule has 0 aliphatic carbocycles. The van der Waals surface area contributed by atoms with Crippen molar-refractivity contribution in [3.05, 3.63) is 48.0 Å². The van der Waals surface area contributed by atoms with Gasteiger partial charge in [0.1, 0.15) is 0 Å². The van der Waals surface area contributed by atoms with Crippen LogP contribution in [-0.2, 0) is 16.1 Å². The molecule has 2 nitrogen and oxygen atoms in total. The molecule has 1 aliphatic rings. The van der Waals surface area contributed by atoms with Gasteiger partial charge in [0, 0.05) is 13.0 Å². The third-order valence-corrected chi connectivity index (χ3v) is 2.88. The number of ether oxygens (including phenoxy) is 2. The van der Waals surface area contributed by atoms with Crippen molar-refractivity contribution in [2.24, 2.45) is 0 Å². The lowest BCUT2D eigenvalue weighted by Crippen LogP contribution is -2.22. The molecule has 0 saturated carbocycles. The molecular formula is C15H20O2. The van der Waals surface area contributed by atoms with Crippen molar-refractivity contribution in [1.82, 2.24) is 0 Å². The van der Waals surface area contributed by atoms with Gasteiger partial charge in [0.2, 0.25) is 0 Å². The fraction of sp³-hybridized carbons (Fsp3) is 0.467. The zero-order chi connectivity index (χ0) is 11.9. The van der Waals surface area contributed by atoms with Crippen LogP contribution in [0.1, 0.15) is 25.3 Å². The van der Waals surface area contributed by atoms with Gasteiger partial charge in [-0.1, -0.05) is 42.5 Å². The van der Waals surface area contributed by atoms with Gasteiger partial charge in [-0.3, -0.25) is 0 Å². The van der Waals surface area contributed by atoms with Crippen LogP contribution in [0.3, 0.4) is 0 Å². The first-order chi connectivity index (χ1) is 8.34. The molecule has 2 atom stereocenters. The molecule has 0 bridgehead atoms. The van der Waals surface area contributed by atoms with E-state index in [0.29, 0.717) is 12.7 Å². The Hall–Kier alpha value is -1.12. The van der Waals surface area contributed by atoms with Crippen LogP contribution in [0.15, 0.2) is 42.5 Å². The fourth-order valence-electron chi connectivity index (χ4n) is 1.95. The Labute approximate surface area is 103 Å². The molecule has 1 aromatic rings. The van der Waals surface area contributed by atoms with E-state index in [1.165, 1.54) is 5.56 Å². The lowest BCUT2D eigenvalue weighted by Gasteiger charge is -2.23. The van der Waals surface area contributed by atoms with Gasteiger partial charge >= 0.3 is 0 Å². The molecule has 0 radical (unpaired) electrons. The second kappa shape index (κ2) is 6.58. The van der Waals surface area contributed by atoms with E-state index in [9.17, 15) is 0 Å². The minimum absolute atomic E-state index is 0.231. The second-order valence-corrected chi connectivity index (χ2v) is 4.48. The molecule has 0 N–H and O–H groups in total. The quantitative estimate of drug-likeness (QED) is 0.572. The molecule has 1 aromatic carbocycles. The summed E-state index contributed by atoms with van der Waals surface area (Å²) in [6.45, 7) is 3.55. The monoisotopic (exact) mass is 232 g/mol. The molecule has 2 rings (SSSR count). The summed E-state index contributed by atoms with van der Waals surface area (Å²) in [4.78, 5) is 0. The van der Waals surface area contributed by atoms with Gasteiger partial charge in [-0.2, -0.15) is 0 Å². The second-order valence-electron chi connectivity index (χ2n) is 4.48. The molecule has 1 aliphatic heterocycles. The van der Waals surface area contributed by atoms with E-state index >= 15 is 0 Å². The highest BCUT2D eigenvalue weighted by atomic mass is 16.5. The van der Waals surface area contributed by atoms with Crippen LogP contribution < -0.4 is 0 Å². The largest absolute Gasteiger partial charge is 0.377 e.